The number of thioether (sulfide) groups is 1. The summed E-state index contributed by atoms with van der Waals surface area (Å²) in [5, 5.41) is 48.8. The fourth-order valence-electron chi connectivity index (χ4n) is 2.33. The summed E-state index contributed by atoms with van der Waals surface area (Å²) in [6, 6.07) is -0.752. The zero-order valence-corrected chi connectivity index (χ0v) is 14.7. The Bertz CT molecular complexity index is 588. The van der Waals surface area contributed by atoms with E-state index in [1.165, 1.54) is 18.0 Å². The van der Waals surface area contributed by atoms with Crippen molar-refractivity contribution in [1.82, 2.24) is 15.0 Å². The summed E-state index contributed by atoms with van der Waals surface area (Å²) in [7, 11) is 0. The van der Waals surface area contributed by atoms with Crippen LogP contribution in [0.4, 0.5) is 5.82 Å². The molecule has 2 heterocycles. The Balaban J connectivity index is 1.99. The first-order valence-corrected chi connectivity index (χ1v) is 9.02. The minimum absolute atomic E-state index is 0.0798. The molecule has 146 valence electrons. The maximum Gasteiger partial charge on any atom is 0.243 e. The summed E-state index contributed by atoms with van der Waals surface area (Å²) in [5.41, 5.74) is 5.77. The van der Waals surface area contributed by atoms with Gasteiger partial charge in [0.25, 0.3) is 0 Å². The molecule has 11 nitrogen and oxygen atoms in total. The largest absolute Gasteiger partial charge is 0.394 e. The Kier molecular flexibility index (Phi) is 7.76. The van der Waals surface area contributed by atoms with Crippen molar-refractivity contribution in [3.05, 3.63) is 19.5 Å². The van der Waals surface area contributed by atoms with Crippen molar-refractivity contribution in [2.75, 3.05) is 23.4 Å². The van der Waals surface area contributed by atoms with Crippen molar-refractivity contribution in [3.63, 3.8) is 0 Å². The second-order valence-electron chi connectivity index (χ2n) is 5.73. The highest BCUT2D eigenvalue weighted by atomic mass is 32.2. The summed E-state index contributed by atoms with van der Waals surface area (Å²) in [4.78, 5) is 12.0. The number of hydrogen-bond acceptors (Lipinski definition) is 10. The van der Waals surface area contributed by atoms with Crippen molar-refractivity contribution in [2.45, 2.75) is 36.7 Å². The maximum absolute atomic E-state index is 12.0. The number of aliphatic hydroxyl groups excluding tert-OH is 4. The van der Waals surface area contributed by atoms with Crippen LogP contribution in [0.5, 0.6) is 0 Å². The molecular weight excluding hydrogens is 366 g/mol. The molecule has 1 saturated heterocycles. The average molecular weight is 389 g/mol. The van der Waals surface area contributed by atoms with Crippen LogP contribution < -0.4 is 11.1 Å². The molecule has 0 spiro atoms. The third-order valence-electron chi connectivity index (χ3n) is 3.76. The van der Waals surface area contributed by atoms with Gasteiger partial charge in [-0.15, -0.1) is 5.10 Å². The standard InChI is InChI=1S/C14H23N5O6S/c1-2-3-26-6-7(15)13(24)16-9-4-19(18-17-9)14-12(23)11(22)10(21)8(5-20)25-14/h2,4,7-8,10-12,14,20-23H,1,3,5-6,15H2,(H,16,24)/t7-,8?,10?,11?,12?,14+/m1/s1. The maximum atomic E-state index is 12.0. The van der Waals surface area contributed by atoms with Gasteiger partial charge in [0.15, 0.2) is 12.0 Å². The van der Waals surface area contributed by atoms with E-state index in [2.05, 4.69) is 22.6 Å². The third kappa shape index (κ3) is 4.91. The lowest BCUT2D eigenvalue weighted by Gasteiger charge is -2.39. The number of amides is 1. The predicted molar refractivity (Wildman–Crippen MR) is 92.6 cm³/mol. The molecule has 4 unspecified atom stereocenters. The molecule has 0 bridgehead atoms. The third-order valence-corrected chi connectivity index (χ3v) is 4.83. The van der Waals surface area contributed by atoms with E-state index < -0.39 is 49.2 Å². The molecular formula is C14H23N5O6S. The number of anilines is 1. The molecule has 6 atom stereocenters. The van der Waals surface area contributed by atoms with Gasteiger partial charge in [-0.3, -0.25) is 4.79 Å². The van der Waals surface area contributed by atoms with E-state index >= 15 is 0 Å². The number of ether oxygens (including phenoxy) is 1. The molecule has 1 aliphatic heterocycles. The molecule has 1 aromatic rings. The number of nitrogens with one attached hydrogen (secondary N) is 1. The van der Waals surface area contributed by atoms with Gasteiger partial charge < -0.3 is 36.2 Å². The van der Waals surface area contributed by atoms with E-state index in [4.69, 9.17) is 10.5 Å². The van der Waals surface area contributed by atoms with E-state index in [1.807, 2.05) is 0 Å². The Labute approximate surface area is 154 Å². The van der Waals surface area contributed by atoms with Crippen molar-refractivity contribution in [2.24, 2.45) is 5.73 Å². The van der Waals surface area contributed by atoms with Crippen molar-refractivity contribution in [3.8, 4) is 0 Å². The van der Waals surface area contributed by atoms with Gasteiger partial charge in [0.1, 0.15) is 24.4 Å². The lowest BCUT2D eigenvalue weighted by Crippen LogP contribution is -2.56. The van der Waals surface area contributed by atoms with Crippen LogP contribution in [0.15, 0.2) is 6.20 Å². The van der Waals surface area contributed by atoms with Crippen LogP contribution in [-0.4, -0.2) is 89.9 Å². The fourth-order valence-corrected chi connectivity index (χ4v) is 3.04. The highest BCUT2D eigenvalue weighted by Crippen LogP contribution is 2.28. The lowest BCUT2D eigenvalue weighted by molar-refractivity contribution is -0.254. The molecule has 12 heteroatoms. The monoisotopic (exact) mass is 389 g/mol. The lowest BCUT2D eigenvalue weighted by atomic mass is 9.98. The number of carbonyl (C=O) groups is 1. The Hall–Kier alpha value is -1.28. The molecule has 0 aromatic carbocycles. The van der Waals surface area contributed by atoms with Crippen molar-refractivity contribution >= 4 is 23.5 Å². The molecule has 1 fully saturated rings. The Morgan fingerprint density at radius 2 is 2.19 bits per heavy atom. The highest BCUT2D eigenvalue weighted by molar-refractivity contribution is 7.99. The van der Waals surface area contributed by atoms with Crippen LogP contribution in [0.25, 0.3) is 0 Å². The van der Waals surface area contributed by atoms with Gasteiger partial charge in [0.2, 0.25) is 5.91 Å². The van der Waals surface area contributed by atoms with E-state index in [0.717, 1.165) is 4.68 Å². The van der Waals surface area contributed by atoms with Crippen LogP contribution in [0.2, 0.25) is 0 Å². The average Bonchev–Trinajstić information content (AvgIpc) is 3.08. The molecule has 26 heavy (non-hydrogen) atoms. The van der Waals surface area contributed by atoms with Crippen LogP contribution in [0.1, 0.15) is 6.23 Å². The summed E-state index contributed by atoms with van der Waals surface area (Å²) < 4.78 is 6.43. The first kappa shape index (κ1) is 21.0. The smallest absolute Gasteiger partial charge is 0.243 e. The quantitative estimate of drug-likeness (QED) is 0.256. The summed E-state index contributed by atoms with van der Waals surface area (Å²) in [6.45, 7) is 3.02. The molecule has 0 saturated carbocycles. The van der Waals surface area contributed by atoms with Gasteiger partial charge >= 0.3 is 0 Å². The first-order chi connectivity index (χ1) is 12.4. The number of nitrogens with zero attached hydrogens (tertiary/aromatic N) is 3. The summed E-state index contributed by atoms with van der Waals surface area (Å²) in [5.74, 6) is 0.700. The zero-order valence-electron chi connectivity index (χ0n) is 13.9. The summed E-state index contributed by atoms with van der Waals surface area (Å²) >= 11 is 1.46. The summed E-state index contributed by atoms with van der Waals surface area (Å²) in [6.07, 6.45) is -3.79. The van der Waals surface area contributed by atoms with Gasteiger partial charge in [0.05, 0.1) is 18.8 Å². The molecule has 0 aliphatic carbocycles. The normalized spacial score (nSPS) is 30.2. The van der Waals surface area contributed by atoms with Crippen LogP contribution in [-0.2, 0) is 9.53 Å². The van der Waals surface area contributed by atoms with E-state index in [1.54, 1.807) is 6.42 Å². The number of hydrogen-bond donors (Lipinski definition) is 6. The minimum atomic E-state index is -1.54. The van der Waals surface area contributed by atoms with Gasteiger partial charge in [-0.1, -0.05) is 5.21 Å². The number of rotatable bonds is 8. The molecule has 1 amide bonds. The van der Waals surface area contributed by atoms with Crippen LogP contribution >= 0.6 is 11.8 Å². The Morgan fingerprint density at radius 3 is 2.85 bits per heavy atom. The molecule has 2 rings (SSSR count). The number of nitrogens with two attached hydrogens (primary N) is 1. The van der Waals surface area contributed by atoms with Gasteiger partial charge in [-0.2, -0.15) is 11.8 Å². The molecule has 1 aromatic heterocycles. The number of carbonyl (C=O) groups excluding carboxylic acids is 1. The zero-order chi connectivity index (χ0) is 19.3. The van der Waals surface area contributed by atoms with Crippen molar-refractivity contribution in [1.29, 1.82) is 0 Å². The van der Waals surface area contributed by atoms with Crippen LogP contribution in [0, 0.1) is 13.3 Å². The van der Waals surface area contributed by atoms with E-state index in [-0.39, 0.29) is 5.82 Å². The topological polar surface area (TPSA) is 176 Å². The van der Waals surface area contributed by atoms with Gasteiger partial charge in [0, 0.05) is 5.75 Å². The van der Waals surface area contributed by atoms with Gasteiger partial charge in [-0.05, 0) is 19.1 Å². The SMILES string of the molecule is [CH2][CH]CSC[C@@H](N)C(=O)Nc1cn([C@H]2OC(CO)C(O)C(O)C2O)nn1. The van der Waals surface area contributed by atoms with Crippen LogP contribution in [0.3, 0.4) is 0 Å². The second-order valence-corrected chi connectivity index (χ2v) is 6.80. The fraction of sp³-hybridized carbons (Fsp3) is 0.643. The van der Waals surface area contributed by atoms with Gasteiger partial charge in [-0.25, -0.2) is 4.68 Å². The first-order valence-electron chi connectivity index (χ1n) is 7.86. The minimum Gasteiger partial charge on any atom is -0.394 e. The van der Waals surface area contributed by atoms with E-state index in [9.17, 15) is 25.2 Å². The number of aliphatic hydroxyl groups is 4. The molecule has 7 N–H and O–H groups in total. The molecule has 1 aliphatic rings. The number of aromatic nitrogens is 3. The second kappa shape index (κ2) is 9.60. The molecule has 2 radical (unpaired) electrons. The van der Waals surface area contributed by atoms with E-state index in [0.29, 0.717) is 11.5 Å². The highest BCUT2D eigenvalue weighted by Gasteiger charge is 2.44. The van der Waals surface area contributed by atoms with Crippen molar-refractivity contribution < 1.29 is 30.0 Å². The Morgan fingerprint density at radius 1 is 1.46 bits per heavy atom. The predicted octanol–water partition coefficient (Wildman–Crippen LogP) is -2.71.